The van der Waals surface area contributed by atoms with Gasteiger partial charge < -0.3 is 14.4 Å². The number of rotatable bonds is 2. The summed E-state index contributed by atoms with van der Waals surface area (Å²) in [4.78, 5) is 24.7. The van der Waals surface area contributed by atoms with Crippen LogP contribution in [-0.2, 0) is 13.0 Å². The van der Waals surface area contributed by atoms with Crippen LogP contribution in [0.5, 0.6) is 0 Å². The summed E-state index contributed by atoms with van der Waals surface area (Å²) < 4.78 is 5.07. The normalized spacial score (nSPS) is 14.2. The second-order valence-corrected chi connectivity index (χ2v) is 4.29. The molecule has 7 nitrogen and oxygen atoms in total. The monoisotopic (exact) mass is 261 g/mol. The maximum Gasteiger partial charge on any atom is 0.356 e. The number of aromatic carboxylic acids is 1. The molecule has 2 N–H and O–H groups in total. The van der Waals surface area contributed by atoms with Gasteiger partial charge in [0, 0.05) is 12.1 Å². The zero-order valence-corrected chi connectivity index (χ0v) is 9.92. The quantitative estimate of drug-likeness (QED) is 0.836. The number of hydrogen-bond acceptors (Lipinski definition) is 4. The number of fused-ring (bicyclic) bond motifs is 1. The molecule has 0 radical (unpaired) electrons. The third-order valence-corrected chi connectivity index (χ3v) is 3.16. The Morgan fingerprint density at radius 2 is 2.32 bits per heavy atom. The minimum atomic E-state index is -1.05. The van der Waals surface area contributed by atoms with Gasteiger partial charge in [0.05, 0.1) is 18.5 Å². The van der Waals surface area contributed by atoms with E-state index in [1.165, 1.54) is 6.26 Å². The van der Waals surface area contributed by atoms with Gasteiger partial charge in [-0.05, 0) is 18.6 Å². The lowest BCUT2D eigenvalue weighted by molar-refractivity contribution is 0.0688. The first-order valence-corrected chi connectivity index (χ1v) is 5.79. The molecule has 98 valence electrons. The van der Waals surface area contributed by atoms with Crippen molar-refractivity contribution in [2.24, 2.45) is 0 Å². The number of hydrogen-bond donors (Lipinski definition) is 2. The number of nitrogens with one attached hydrogen (secondary N) is 1. The van der Waals surface area contributed by atoms with Gasteiger partial charge in [-0.25, -0.2) is 4.79 Å². The number of carboxylic acid groups (broad SMARTS) is 1. The fourth-order valence-corrected chi connectivity index (χ4v) is 2.22. The summed E-state index contributed by atoms with van der Waals surface area (Å²) >= 11 is 0. The number of carboxylic acids is 1. The smallest absolute Gasteiger partial charge is 0.356 e. The average Bonchev–Trinajstić information content (AvgIpc) is 3.06. The third-order valence-electron chi connectivity index (χ3n) is 3.16. The molecule has 2 aromatic rings. The lowest BCUT2D eigenvalue weighted by atomic mass is 10.0. The minimum Gasteiger partial charge on any atom is -0.476 e. The van der Waals surface area contributed by atoms with Crippen molar-refractivity contribution in [2.45, 2.75) is 13.0 Å². The highest BCUT2D eigenvalue weighted by Gasteiger charge is 2.28. The summed E-state index contributed by atoms with van der Waals surface area (Å²) in [6.45, 7) is 0.765. The molecule has 0 aliphatic carbocycles. The Hall–Kier alpha value is -2.57. The van der Waals surface area contributed by atoms with Crippen LogP contribution in [0.25, 0.3) is 0 Å². The number of aromatic nitrogens is 2. The SMILES string of the molecule is O=C(O)c1n[nH]c2c1CCN(C(=O)c1ccco1)C2. The van der Waals surface area contributed by atoms with Crippen LogP contribution >= 0.6 is 0 Å². The fourth-order valence-electron chi connectivity index (χ4n) is 2.22. The molecule has 0 atom stereocenters. The number of carbonyl (C=O) groups excluding carboxylic acids is 1. The van der Waals surface area contributed by atoms with Crippen molar-refractivity contribution in [1.82, 2.24) is 15.1 Å². The highest BCUT2D eigenvalue weighted by Crippen LogP contribution is 2.21. The van der Waals surface area contributed by atoms with E-state index in [0.717, 1.165) is 0 Å². The van der Waals surface area contributed by atoms with Gasteiger partial charge in [-0.15, -0.1) is 0 Å². The highest BCUT2D eigenvalue weighted by atomic mass is 16.4. The number of aromatic amines is 1. The maximum atomic E-state index is 12.1. The van der Waals surface area contributed by atoms with Crippen LogP contribution < -0.4 is 0 Å². The summed E-state index contributed by atoms with van der Waals surface area (Å²) in [5.74, 6) is -0.980. The van der Waals surface area contributed by atoms with Crippen molar-refractivity contribution in [1.29, 1.82) is 0 Å². The lowest BCUT2D eigenvalue weighted by Crippen LogP contribution is -2.36. The standard InChI is InChI=1S/C12H11N3O4/c16-11(9-2-1-5-19-9)15-4-3-7-8(6-15)13-14-10(7)12(17)18/h1-2,5H,3-4,6H2,(H,13,14)(H,17,18). The van der Waals surface area contributed by atoms with Crippen molar-refractivity contribution >= 4 is 11.9 Å². The van der Waals surface area contributed by atoms with E-state index in [0.29, 0.717) is 30.8 Å². The molecule has 0 spiro atoms. The van der Waals surface area contributed by atoms with Crippen LogP contribution in [0.4, 0.5) is 0 Å². The molecule has 0 unspecified atom stereocenters. The summed E-state index contributed by atoms with van der Waals surface area (Å²) in [7, 11) is 0. The number of amides is 1. The predicted molar refractivity (Wildman–Crippen MR) is 62.7 cm³/mol. The second-order valence-electron chi connectivity index (χ2n) is 4.29. The predicted octanol–water partition coefficient (Wildman–Crippen LogP) is 0.899. The van der Waals surface area contributed by atoms with Crippen LogP contribution in [0.3, 0.4) is 0 Å². The van der Waals surface area contributed by atoms with Gasteiger partial charge in [-0.1, -0.05) is 0 Å². The number of carbonyl (C=O) groups is 2. The molecular formula is C12H11N3O4. The van der Waals surface area contributed by atoms with Crippen LogP contribution in [-0.4, -0.2) is 38.6 Å². The van der Waals surface area contributed by atoms with Gasteiger partial charge in [0.1, 0.15) is 0 Å². The van der Waals surface area contributed by atoms with Gasteiger partial charge in [0.2, 0.25) is 0 Å². The third kappa shape index (κ3) is 1.88. The van der Waals surface area contributed by atoms with Crippen molar-refractivity contribution in [2.75, 3.05) is 6.54 Å². The van der Waals surface area contributed by atoms with E-state index in [2.05, 4.69) is 10.2 Å². The van der Waals surface area contributed by atoms with Gasteiger partial charge in [0.25, 0.3) is 5.91 Å². The maximum absolute atomic E-state index is 12.1. The van der Waals surface area contributed by atoms with E-state index < -0.39 is 5.97 Å². The van der Waals surface area contributed by atoms with Gasteiger partial charge in [0.15, 0.2) is 11.5 Å². The van der Waals surface area contributed by atoms with Crippen LogP contribution in [0.2, 0.25) is 0 Å². The molecular weight excluding hydrogens is 250 g/mol. The molecule has 3 heterocycles. The number of nitrogens with zero attached hydrogens (tertiary/aromatic N) is 2. The Bertz CT molecular complexity index is 629. The molecule has 1 aliphatic heterocycles. The first kappa shape index (κ1) is 11.5. The van der Waals surface area contributed by atoms with Crippen LogP contribution in [0, 0.1) is 0 Å². The molecule has 0 saturated heterocycles. The van der Waals surface area contributed by atoms with Gasteiger partial charge >= 0.3 is 5.97 Å². The van der Waals surface area contributed by atoms with Crippen LogP contribution in [0.1, 0.15) is 32.3 Å². The largest absolute Gasteiger partial charge is 0.476 e. The van der Waals surface area contributed by atoms with E-state index >= 15 is 0 Å². The minimum absolute atomic E-state index is 0.0418. The van der Waals surface area contributed by atoms with E-state index in [9.17, 15) is 9.59 Å². The molecule has 1 aliphatic rings. The molecule has 3 rings (SSSR count). The van der Waals surface area contributed by atoms with Crippen molar-refractivity contribution in [3.8, 4) is 0 Å². The van der Waals surface area contributed by atoms with E-state index in [4.69, 9.17) is 9.52 Å². The molecule has 7 heteroatoms. The van der Waals surface area contributed by atoms with Crippen molar-refractivity contribution < 1.29 is 19.1 Å². The summed E-state index contributed by atoms with van der Waals surface area (Å²) in [6.07, 6.45) is 1.92. The Kier molecular flexibility index (Phi) is 2.59. The van der Waals surface area contributed by atoms with Gasteiger partial charge in [-0.3, -0.25) is 9.89 Å². The number of H-pyrrole nitrogens is 1. The van der Waals surface area contributed by atoms with E-state index in [-0.39, 0.29) is 17.4 Å². The topological polar surface area (TPSA) is 99.4 Å². The Morgan fingerprint density at radius 1 is 1.47 bits per heavy atom. The molecule has 19 heavy (non-hydrogen) atoms. The Balaban J connectivity index is 1.83. The summed E-state index contributed by atoms with van der Waals surface area (Å²) in [5, 5.41) is 15.4. The summed E-state index contributed by atoms with van der Waals surface area (Å²) in [5.41, 5.74) is 1.39. The summed E-state index contributed by atoms with van der Waals surface area (Å²) in [6, 6.07) is 3.26. The Labute approximate surface area is 107 Å². The molecule has 1 amide bonds. The first-order chi connectivity index (χ1) is 9.16. The first-order valence-electron chi connectivity index (χ1n) is 5.79. The molecule has 0 saturated carbocycles. The molecule has 2 aromatic heterocycles. The average molecular weight is 261 g/mol. The fraction of sp³-hybridized carbons (Fsp3) is 0.250. The second kappa shape index (κ2) is 4.27. The Morgan fingerprint density at radius 3 is 3.00 bits per heavy atom. The van der Waals surface area contributed by atoms with Crippen LogP contribution in [0.15, 0.2) is 22.8 Å². The van der Waals surface area contributed by atoms with E-state index in [1.807, 2.05) is 0 Å². The van der Waals surface area contributed by atoms with E-state index in [1.54, 1.807) is 17.0 Å². The lowest BCUT2D eigenvalue weighted by Gasteiger charge is -2.25. The zero-order chi connectivity index (χ0) is 13.4. The number of furan rings is 1. The molecule has 0 bridgehead atoms. The molecule has 0 fully saturated rings. The highest BCUT2D eigenvalue weighted by molar-refractivity contribution is 5.92. The zero-order valence-electron chi connectivity index (χ0n) is 9.92. The molecule has 0 aromatic carbocycles. The van der Waals surface area contributed by atoms with Crippen molar-refractivity contribution in [3.05, 3.63) is 41.1 Å². The van der Waals surface area contributed by atoms with Crippen molar-refractivity contribution in [3.63, 3.8) is 0 Å². The van der Waals surface area contributed by atoms with Gasteiger partial charge in [-0.2, -0.15) is 5.10 Å².